The van der Waals surface area contributed by atoms with Crippen molar-refractivity contribution >= 4 is 39.7 Å². The van der Waals surface area contributed by atoms with Crippen molar-refractivity contribution in [3.63, 3.8) is 0 Å². The van der Waals surface area contributed by atoms with Gasteiger partial charge in [-0.3, -0.25) is 4.79 Å². The lowest BCUT2D eigenvalue weighted by molar-refractivity contribution is 0.0675. The molecule has 0 N–H and O–H groups in total. The molecule has 0 atom stereocenters. The zero-order chi connectivity index (χ0) is 22.7. The first kappa shape index (κ1) is 22.4. The molecule has 4 rings (SSSR count). The number of hydrogen-bond donors (Lipinski definition) is 0. The molecule has 1 amide bonds. The molecule has 0 bridgehead atoms. The van der Waals surface area contributed by atoms with Crippen molar-refractivity contribution in [1.29, 1.82) is 0 Å². The molecular formula is C25H24ClN3O2S. The maximum atomic E-state index is 13.3. The number of ether oxygens (including phenoxy) is 1. The standard InChI is InChI=1S/C25H24ClN3O2S/c1-16-5-4-6-19(11-16)24-20(12-18-7-8-21(26)13-22(18)28-24)14-29(9-10-31-3)25(30)23-15-32-17(2)27-23/h4-8,11-13,15H,9-10,14H2,1-3H3. The van der Waals surface area contributed by atoms with Crippen LogP contribution in [0.25, 0.3) is 22.2 Å². The highest BCUT2D eigenvalue weighted by Gasteiger charge is 2.21. The first-order valence-electron chi connectivity index (χ1n) is 10.3. The van der Waals surface area contributed by atoms with Crippen molar-refractivity contribution in [3.8, 4) is 11.3 Å². The first-order chi connectivity index (χ1) is 15.4. The van der Waals surface area contributed by atoms with Crippen LogP contribution in [0.15, 0.2) is 53.9 Å². The Balaban J connectivity index is 1.80. The number of aryl methyl sites for hydroxylation is 2. The number of pyridine rings is 1. The Morgan fingerprint density at radius 2 is 1.97 bits per heavy atom. The van der Waals surface area contributed by atoms with E-state index in [9.17, 15) is 4.79 Å². The molecule has 0 aliphatic carbocycles. The summed E-state index contributed by atoms with van der Waals surface area (Å²) in [5.41, 5.74) is 5.23. The Bertz CT molecular complexity index is 1270. The zero-order valence-corrected chi connectivity index (χ0v) is 19.8. The van der Waals surface area contributed by atoms with E-state index in [0.29, 0.717) is 30.4 Å². The minimum Gasteiger partial charge on any atom is -0.383 e. The van der Waals surface area contributed by atoms with E-state index < -0.39 is 0 Å². The van der Waals surface area contributed by atoms with E-state index in [0.717, 1.165) is 38.3 Å². The molecule has 0 radical (unpaired) electrons. The number of carbonyl (C=O) groups excluding carboxylic acids is 1. The third-order valence-electron chi connectivity index (χ3n) is 5.20. The molecule has 2 aromatic carbocycles. The number of thiazole rings is 1. The number of hydrogen-bond acceptors (Lipinski definition) is 5. The molecule has 0 saturated carbocycles. The fourth-order valence-electron chi connectivity index (χ4n) is 3.63. The molecule has 4 aromatic rings. The number of rotatable bonds is 7. The van der Waals surface area contributed by atoms with Crippen LogP contribution in [0.2, 0.25) is 5.02 Å². The fraction of sp³-hybridized carbons (Fsp3) is 0.240. The van der Waals surface area contributed by atoms with Gasteiger partial charge in [0, 0.05) is 41.6 Å². The summed E-state index contributed by atoms with van der Waals surface area (Å²) < 4.78 is 5.27. The van der Waals surface area contributed by atoms with Crippen molar-refractivity contribution in [3.05, 3.63) is 80.8 Å². The molecule has 164 valence electrons. The van der Waals surface area contributed by atoms with Gasteiger partial charge in [0.1, 0.15) is 5.69 Å². The SMILES string of the molecule is COCCN(Cc1cc2ccc(Cl)cc2nc1-c1cccc(C)c1)C(=O)c1csc(C)n1. The summed E-state index contributed by atoms with van der Waals surface area (Å²) in [5, 5.41) is 4.29. The van der Waals surface area contributed by atoms with Gasteiger partial charge >= 0.3 is 0 Å². The summed E-state index contributed by atoms with van der Waals surface area (Å²) in [6.07, 6.45) is 0. The number of halogens is 1. The summed E-state index contributed by atoms with van der Waals surface area (Å²) in [6.45, 7) is 5.24. The van der Waals surface area contributed by atoms with Crippen LogP contribution in [0, 0.1) is 13.8 Å². The average Bonchev–Trinajstić information content (AvgIpc) is 3.22. The number of benzene rings is 2. The van der Waals surface area contributed by atoms with Crippen LogP contribution in [0.1, 0.15) is 26.6 Å². The Morgan fingerprint density at radius 3 is 2.69 bits per heavy atom. The van der Waals surface area contributed by atoms with Crippen molar-refractivity contribution < 1.29 is 9.53 Å². The monoisotopic (exact) mass is 465 g/mol. The Labute approximate surface area is 196 Å². The van der Waals surface area contributed by atoms with E-state index in [2.05, 4.69) is 30.1 Å². The second-order valence-corrected chi connectivity index (χ2v) is 9.17. The molecule has 2 heterocycles. The Kier molecular flexibility index (Phi) is 6.84. The van der Waals surface area contributed by atoms with Crippen LogP contribution in [-0.2, 0) is 11.3 Å². The van der Waals surface area contributed by atoms with Gasteiger partial charge in [-0.2, -0.15) is 0 Å². The number of amides is 1. The lowest BCUT2D eigenvalue weighted by Gasteiger charge is -2.23. The number of methoxy groups -OCH3 is 1. The second-order valence-electron chi connectivity index (χ2n) is 7.67. The van der Waals surface area contributed by atoms with Gasteiger partial charge in [-0.25, -0.2) is 9.97 Å². The number of aromatic nitrogens is 2. The smallest absolute Gasteiger partial charge is 0.273 e. The van der Waals surface area contributed by atoms with E-state index in [1.807, 2.05) is 37.3 Å². The summed E-state index contributed by atoms with van der Waals surface area (Å²) in [4.78, 5) is 24.4. The minimum absolute atomic E-state index is 0.113. The molecule has 0 aliphatic rings. The Hall–Kier alpha value is -2.80. The van der Waals surface area contributed by atoms with Crippen LogP contribution in [0.4, 0.5) is 0 Å². The van der Waals surface area contributed by atoms with E-state index >= 15 is 0 Å². The normalized spacial score (nSPS) is 11.1. The molecule has 2 aromatic heterocycles. The molecule has 7 heteroatoms. The summed E-state index contributed by atoms with van der Waals surface area (Å²) in [7, 11) is 1.63. The number of nitrogens with zero attached hydrogens (tertiary/aromatic N) is 3. The fourth-order valence-corrected chi connectivity index (χ4v) is 4.38. The van der Waals surface area contributed by atoms with Crippen molar-refractivity contribution in [2.45, 2.75) is 20.4 Å². The van der Waals surface area contributed by atoms with Crippen LogP contribution in [0.3, 0.4) is 0 Å². The van der Waals surface area contributed by atoms with Crippen molar-refractivity contribution in [2.24, 2.45) is 0 Å². The predicted molar refractivity (Wildman–Crippen MR) is 130 cm³/mol. The van der Waals surface area contributed by atoms with Gasteiger partial charge in [0.05, 0.1) is 22.8 Å². The lowest BCUT2D eigenvalue weighted by atomic mass is 10.0. The summed E-state index contributed by atoms with van der Waals surface area (Å²) in [5.74, 6) is -0.113. The van der Waals surface area contributed by atoms with Crippen LogP contribution >= 0.6 is 22.9 Å². The number of carbonyl (C=O) groups is 1. The van der Waals surface area contributed by atoms with Crippen LogP contribution in [0.5, 0.6) is 0 Å². The number of fused-ring (bicyclic) bond motifs is 1. The minimum atomic E-state index is -0.113. The van der Waals surface area contributed by atoms with Gasteiger partial charge in [-0.05, 0) is 43.7 Å². The predicted octanol–water partition coefficient (Wildman–Crippen LogP) is 5.92. The highest BCUT2D eigenvalue weighted by Crippen LogP contribution is 2.29. The summed E-state index contributed by atoms with van der Waals surface area (Å²) in [6, 6.07) is 16.0. The van der Waals surface area contributed by atoms with Crippen molar-refractivity contribution in [1.82, 2.24) is 14.9 Å². The molecule has 0 aliphatic heterocycles. The van der Waals surface area contributed by atoms with Gasteiger partial charge in [0.25, 0.3) is 5.91 Å². The lowest BCUT2D eigenvalue weighted by Crippen LogP contribution is -2.34. The third kappa shape index (κ3) is 4.99. The van der Waals surface area contributed by atoms with E-state index in [-0.39, 0.29) is 5.91 Å². The zero-order valence-electron chi connectivity index (χ0n) is 18.3. The van der Waals surface area contributed by atoms with E-state index in [4.69, 9.17) is 21.3 Å². The molecule has 0 fully saturated rings. The molecule has 0 unspecified atom stereocenters. The van der Waals surface area contributed by atoms with Gasteiger partial charge in [0.2, 0.25) is 0 Å². The van der Waals surface area contributed by atoms with E-state index in [1.165, 1.54) is 11.3 Å². The maximum absolute atomic E-state index is 13.3. The highest BCUT2D eigenvalue weighted by molar-refractivity contribution is 7.09. The first-order valence-corrected chi connectivity index (χ1v) is 11.6. The maximum Gasteiger partial charge on any atom is 0.273 e. The summed E-state index contributed by atoms with van der Waals surface area (Å²) >= 11 is 7.69. The van der Waals surface area contributed by atoms with Gasteiger partial charge in [-0.15, -0.1) is 11.3 Å². The van der Waals surface area contributed by atoms with Gasteiger partial charge in [-0.1, -0.05) is 41.4 Å². The quantitative estimate of drug-likeness (QED) is 0.340. The Morgan fingerprint density at radius 1 is 1.12 bits per heavy atom. The average molecular weight is 466 g/mol. The molecule has 0 spiro atoms. The largest absolute Gasteiger partial charge is 0.383 e. The third-order valence-corrected chi connectivity index (χ3v) is 6.21. The van der Waals surface area contributed by atoms with Gasteiger partial charge < -0.3 is 9.64 Å². The van der Waals surface area contributed by atoms with E-state index in [1.54, 1.807) is 17.4 Å². The second kappa shape index (κ2) is 9.77. The molecule has 0 saturated heterocycles. The highest BCUT2D eigenvalue weighted by atomic mass is 35.5. The molecule has 32 heavy (non-hydrogen) atoms. The topological polar surface area (TPSA) is 55.3 Å². The van der Waals surface area contributed by atoms with Crippen LogP contribution < -0.4 is 0 Å². The van der Waals surface area contributed by atoms with Crippen LogP contribution in [-0.4, -0.2) is 41.0 Å². The van der Waals surface area contributed by atoms with Crippen molar-refractivity contribution in [2.75, 3.05) is 20.3 Å². The molecule has 5 nitrogen and oxygen atoms in total. The van der Waals surface area contributed by atoms with Gasteiger partial charge in [0.15, 0.2) is 0 Å². The molecular weight excluding hydrogens is 442 g/mol.